The summed E-state index contributed by atoms with van der Waals surface area (Å²) in [4.78, 5) is 32.4. The van der Waals surface area contributed by atoms with Crippen molar-refractivity contribution in [2.75, 3.05) is 0 Å². The van der Waals surface area contributed by atoms with Gasteiger partial charge in [0.15, 0.2) is 11.5 Å². The number of aryl methyl sites for hydroxylation is 2. The normalized spacial score (nSPS) is 16.1. The molecule has 4 aromatic rings. The van der Waals surface area contributed by atoms with Crippen LogP contribution >= 0.6 is 0 Å². The lowest BCUT2D eigenvalue weighted by Crippen LogP contribution is -2.31. The van der Waals surface area contributed by atoms with Gasteiger partial charge in [0.1, 0.15) is 5.58 Å². The van der Waals surface area contributed by atoms with E-state index in [4.69, 9.17) is 4.42 Å². The average molecular weight is 438 g/mol. The molecule has 6 heteroatoms. The number of para-hydroxylation sites is 1. The van der Waals surface area contributed by atoms with Crippen molar-refractivity contribution >= 4 is 22.7 Å². The molecule has 1 aliphatic rings. The summed E-state index contributed by atoms with van der Waals surface area (Å²) in [6.45, 7) is 4.21. The average Bonchev–Trinajstić information content (AvgIpc) is 3.36. The van der Waals surface area contributed by atoms with Crippen LogP contribution in [-0.4, -0.2) is 26.7 Å². The van der Waals surface area contributed by atoms with Crippen LogP contribution in [0.3, 0.4) is 0 Å². The van der Waals surface area contributed by atoms with Crippen molar-refractivity contribution in [3.63, 3.8) is 0 Å². The quantitative estimate of drug-likeness (QED) is 0.432. The smallest absolute Gasteiger partial charge is 0.290 e. The molecule has 1 amide bonds. The molecule has 6 nitrogen and oxygen atoms in total. The van der Waals surface area contributed by atoms with Gasteiger partial charge in [0.05, 0.1) is 11.6 Å². The number of fused-ring (bicyclic) bond motifs is 1. The van der Waals surface area contributed by atoms with E-state index in [1.165, 1.54) is 4.90 Å². The van der Waals surface area contributed by atoms with Crippen LogP contribution in [-0.2, 0) is 11.3 Å². The molecule has 0 saturated carbocycles. The first-order valence-corrected chi connectivity index (χ1v) is 10.7. The van der Waals surface area contributed by atoms with Gasteiger partial charge in [-0.1, -0.05) is 42.0 Å². The van der Waals surface area contributed by atoms with Gasteiger partial charge in [-0.2, -0.15) is 0 Å². The van der Waals surface area contributed by atoms with E-state index in [9.17, 15) is 14.7 Å². The van der Waals surface area contributed by atoms with Gasteiger partial charge in [-0.25, -0.2) is 0 Å². The number of Topliss-reactive ketones (excluding diaryl/α,β-unsaturated/α-hetero) is 1. The SMILES string of the molecule is Cc1ccc(C)c(CN2C(=O)C(O)=C(C(=O)c3cc4ccccc4o3)C2c2ccncc2)c1. The maximum absolute atomic E-state index is 13.6. The van der Waals surface area contributed by atoms with E-state index in [1.807, 2.05) is 50.2 Å². The number of pyridine rings is 1. The lowest BCUT2D eigenvalue weighted by molar-refractivity contribution is -0.130. The lowest BCUT2D eigenvalue weighted by atomic mass is 9.95. The molecular formula is C27H22N2O4. The second-order valence-corrected chi connectivity index (χ2v) is 8.29. The standard InChI is InChI=1S/C27H22N2O4/c1-16-7-8-17(2)20(13-16)15-29-24(18-9-11-28-12-10-18)23(26(31)27(29)32)25(30)22-14-19-5-3-4-6-21(19)33-22/h3-14,24,31H,15H2,1-2H3. The van der Waals surface area contributed by atoms with Crippen LogP contribution in [0.4, 0.5) is 0 Å². The number of hydrogen-bond acceptors (Lipinski definition) is 5. The Balaban J connectivity index is 1.60. The van der Waals surface area contributed by atoms with Crippen LogP contribution in [0.1, 0.15) is 38.9 Å². The fourth-order valence-corrected chi connectivity index (χ4v) is 4.32. The minimum Gasteiger partial charge on any atom is -0.503 e. The minimum absolute atomic E-state index is 0.00978. The van der Waals surface area contributed by atoms with Crippen molar-refractivity contribution in [2.45, 2.75) is 26.4 Å². The summed E-state index contributed by atoms with van der Waals surface area (Å²) in [5.74, 6) is -1.56. The van der Waals surface area contributed by atoms with Gasteiger partial charge in [-0.05, 0) is 54.8 Å². The molecule has 0 spiro atoms. The monoisotopic (exact) mass is 438 g/mol. The van der Waals surface area contributed by atoms with Crippen molar-refractivity contribution in [1.82, 2.24) is 9.88 Å². The Morgan fingerprint density at radius 1 is 1.06 bits per heavy atom. The Labute approximate surface area is 190 Å². The van der Waals surface area contributed by atoms with E-state index in [-0.39, 0.29) is 17.9 Å². The summed E-state index contributed by atoms with van der Waals surface area (Å²) in [6, 6.07) is 17.7. The number of carbonyl (C=O) groups excluding carboxylic acids is 2. The van der Waals surface area contributed by atoms with Crippen LogP contribution in [0.2, 0.25) is 0 Å². The van der Waals surface area contributed by atoms with Gasteiger partial charge in [-0.3, -0.25) is 14.6 Å². The van der Waals surface area contributed by atoms with Gasteiger partial charge < -0.3 is 14.4 Å². The number of rotatable bonds is 5. The second-order valence-electron chi connectivity index (χ2n) is 8.29. The van der Waals surface area contributed by atoms with E-state index in [1.54, 1.807) is 36.7 Å². The zero-order valence-corrected chi connectivity index (χ0v) is 18.3. The zero-order chi connectivity index (χ0) is 23.1. The summed E-state index contributed by atoms with van der Waals surface area (Å²) in [5, 5.41) is 11.7. The fourth-order valence-electron chi connectivity index (χ4n) is 4.32. The fraction of sp³-hybridized carbons (Fsp3) is 0.148. The molecule has 2 aromatic heterocycles. The summed E-state index contributed by atoms with van der Waals surface area (Å²) in [5.41, 5.74) is 4.31. The maximum Gasteiger partial charge on any atom is 0.290 e. The number of furan rings is 1. The van der Waals surface area contributed by atoms with Crippen LogP contribution < -0.4 is 0 Å². The molecule has 0 fully saturated rings. The molecule has 1 aliphatic heterocycles. The summed E-state index contributed by atoms with van der Waals surface area (Å²) >= 11 is 0. The van der Waals surface area contributed by atoms with Crippen molar-refractivity contribution < 1.29 is 19.1 Å². The van der Waals surface area contributed by atoms with E-state index in [2.05, 4.69) is 4.98 Å². The zero-order valence-electron chi connectivity index (χ0n) is 18.3. The number of nitrogens with zero attached hydrogens (tertiary/aromatic N) is 2. The Morgan fingerprint density at radius 2 is 1.82 bits per heavy atom. The number of aromatic nitrogens is 1. The number of aliphatic hydroxyl groups is 1. The summed E-state index contributed by atoms with van der Waals surface area (Å²) < 4.78 is 5.76. The van der Waals surface area contributed by atoms with Gasteiger partial charge in [-0.15, -0.1) is 0 Å². The van der Waals surface area contributed by atoms with Crippen molar-refractivity contribution in [1.29, 1.82) is 0 Å². The van der Waals surface area contributed by atoms with Gasteiger partial charge >= 0.3 is 0 Å². The van der Waals surface area contributed by atoms with Gasteiger partial charge in [0.2, 0.25) is 5.78 Å². The molecule has 0 radical (unpaired) electrons. The lowest BCUT2D eigenvalue weighted by Gasteiger charge is -2.27. The number of amides is 1. The minimum atomic E-state index is -0.763. The van der Waals surface area contributed by atoms with Crippen molar-refractivity contribution in [3.8, 4) is 0 Å². The first kappa shape index (κ1) is 20.7. The van der Waals surface area contributed by atoms with Crippen LogP contribution in [0.25, 0.3) is 11.0 Å². The number of hydrogen-bond donors (Lipinski definition) is 1. The molecule has 1 unspecified atom stereocenters. The molecule has 164 valence electrons. The Hall–Kier alpha value is -4.19. The number of carbonyl (C=O) groups is 2. The molecule has 33 heavy (non-hydrogen) atoms. The molecule has 3 heterocycles. The number of aliphatic hydroxyl groups excluding tert-OH is 1. The highest BCUT2D eigenvalue weighted by molar-refractivity contribution is 6.16. The molecule has 5 rings (SSSR count). The summed E-state index contributed by atoms with van der Waals surface area (Å²) in [7, 11) is 0. The largest absolute Gasteiger partial charge is 0.503 e. The Kier molecular flexibility index (Phi) is 5.05. The van der Waals surface area contributed by atoms with Crippen molar-refractivity contribution in [3.05, 3.63) is 112 Å². The Bertz CT molecular complexity index is 1390. The third-order valence-corrected chi connectivity index (χ3v) is 6.06. The highest BCUT2D eigenvalue weighted by Gasteiger charge is 2.44. The molecule has 0 bridgehead atoms. The third-order valence-electron chi connectivity index (χ3n) is 6.06. The first-order chi connectivity index (χ1) is 15.9. The highest BCUT2D eigenvalue weighted by Crippen LogP contribution is 2.40. The number of benzene rings is 2. The first-order valence-electron chi connectivity index (χ1n) is 10.7. The molecular weight excluding hydrogens is 416 g/mol. The van der Waals surface area contributed by atoms with E-state index in [0.29, 0.717) is 11.1 Å². The predicted octanol–water partition coefficient (Wildman–Crippen LogP) is 5.22. The van der Waals surface area contributed by atoms with Gasteiger partial charge in [0.25, 0.3) is 5.91 Å². The molecule has 0 aliphatic carbocycles. The van der Waals surface area contributed by atoms with E-state index < -0.39 is 23.5 Å². The summed E-state index contributed by atoms with van der Waals surface area (Å²) in [6.07, 6.45) is 3.21. The van der Waals surface area contributed by atoms with Gasteiger partial charge in [0, 0.05) is 24.3 Å². The van der Waals surface area contributed by atoms with E-state index in [0.717, 1.165) is 22.1 Å². The van der Waals surface area contributed by atoms with E-state index >= 15 is 0 Å². The molecule has 2 aromatic carbocycles. The number of ketones is 1. The van der Waals surface area contributed by atoms with Crippen LogP contribution in [0.15, 0.2) is 88.8 Å². The highest BCUT2D eigenvalue weighted by atomic mass is 16.3. The predicted molar refractivity (Wildman–Crippen MR) is 124 cm³/mol. The van der Waals surface area contributed by atoms with Crippen LogP contribution in [0, 0.1) is 13.8 Å². The molecule has 1 N–H and O–H groups in total. The third kappa shape index (κ3) is 3.59. The topological polar surface area (TPSA) is 83.6 Å². The molecule has 1 atom stereocenters. The van der Waals surface area contributed by atoms with Crippen molar-refractivity contribution in [2.24, 2.45) is 0 Å². The maximum atomic E-state index is 13.6. The Morgan fingerprint density at radius 3 is 2.58 bits per heavy atom. The molecule has 0 saturated heterocycles. The van der Waals surface area contributed by atoms with Crippen LogP contribution in [0.5, 0.6) is 0 Å². The second kappa shape index (κ2) is 8.06.